The molecule has 8 heteroatoms. The lowest BCUT2D eigenvalue weighted by Gasteiger charge is -2.34. The van der Waals surface area contributed by atoms with Gasteiger partial charge in [-0.25, -0.2) is 13.1 Å². The van der Waals surface area contributed by atoms with Crippen LogP contribution in [0.15, 0.2) is 46.7 Å². The van der Waals surface area contributed by atoms with Gasteiger partial charge in [-0.05, 0) is 56.5 Å². The van der Waals surface area contributed by atoms with E-state index in [9.17, 15) is 13.2 Å². The number of carbonyl (C=O) groups is 1. The molecule has 152 valence electrons. The predicted octanol–water partition coefficient (Wildman–Crippen LogP) is 2.78. The van der Waals surface area contributed by atoms with E-state index in [2.05, 4.69) is 27.1 Å². The zero-order valence-corrected chi connectivity index (χ0v) is 18.1. The van der Waals surface area contributed by atoms with Crippen molar-refractivity contribution in [3.63, 3.8) is 0 Å². The Morgan fingerprint density at radius 2 is 1.71 bits per heavy atom. The van der Waals surface area contributed by atoms with Gasteiger partial charge in [-0.1, -0.05) is 6.07 Å². The fraction of sp³-hybridized carbons (Fsp3) is 0.450. The summed E-state index contributed by atoms with van der Waals surface area (Å²) in [4.78, 5) is 18.4. The molecule has 2 heterocycles. The van der Waals surface area contributed by atoms with Gasteiger partial charge in [0.25, 0.3) is 5.91 Å². The zero-order chi connectivity index (χ0) is 20.4. The van der Waals surface area contributed by atoms with Crippen molar-refractivity contribution in [2.24, 2.45) is 0 Å². The van der Waals surface area contributed by atoms with Gasteiger partial charge in [0, 0.05) is 48.7 Å². The van der Waals surface area contributed by atoms with E-state index in [4.69, 9.17) is 0 Å². The normalized spacial score (nSPS) is 16.3. The predicted molar refractivity (Wildman–Crippen MR) is 112 cm³/mol. The van der Waals surface area contributed by atoms with Crippen molar-refractivity contribution in [1.29, 1.82) is 0 Å². The molecule has 0 saturated carbocycles. The molecule has 2 aromatic rings. The first-order valence-corrected chi connectivity index (χ1v) is 11.7. The van der Waals surface area contributed by atoms with Crippen LogP contribution in [0, 0.1) is 0 Å². The van der Waals surface area contributed by atoms with Crippen molar-refractivity contribution in [2.45, 2.75) is 37.8 Å². The Balaban J connectivity index is 1.59. The Morgan fingerprint density at radius 3 is 2.25 bits per heavy atom. The van der Waals surface area contributed by atoms with E-state index in [1.807, 2.05) is 4.90 Å². The second-order valence-corrected chi connectivity index (χ2v) is 10.7. The van der Waals surface area contributed by atoms with Crippen molar-refractivity contribution in [2.75, 3.05) is 26.2 Å². The summed E-state index contributed by atoms with van der Waals surface area (Å²) < 4.78 is 27.4. The van der Waals surface area contributed by atoms with Crippen LogP contribution >= 0.6 is 11.3 Å². The van der Waals surface area contributed by atoms with Crippen LogP contribution in [-0.4, -0.2) is 55.8 Å². The van der Waals surface area contributed by atoms with E-state index in [1.54, 1.807) is 44.2 Å². The van der Waals surface area contributed by atoms with E-state index in [0.29, 0.717) is 18.7 Å². The number of sulfonamides is 1. The zero-order valence-electron chi connectivity index (χ0n) is 16.5. The van der Waals surface area contributed by atoms with Crippen molar-refractivity contribution >= 4 is 27.3 Å². The summed E-state index contributed by atoms with van der Waals surface area (Å²) in [5, 5.41) is 2.08. The molecule has 1 saturated heterocycles. The molecule has 1 amide bonds. The largest absolute Gasteiger partial charge is 0.336 e. The number of nitrogens with zero attached hydrogens (tertiary/aromatic N) is 2. The average molecular weight is 422 g/mol. The first kappa shape index (κ1) is 21.0. The van der Waals surface area contributed by atoms with Crippen molar-refractivity contribution < 1.29 is 13.2 Å². The minimum Gasteiger partial charge on any atom is -0.336 e. The van der Waals surface area contributed by atoms with Gasteiger partial charge in [-0.2, -0.15) is 0 Å². The maximum atomic E-state index is 12.8. The Morgan fingerprint density at radius 1 is 1.07 bits per heavy atom. The third-order valence-corrected chi connectivity index (χ3v) is 7.11. The molecule has 3 rings (SSSR count). The number of thiophene rings is 1. The minimum absolute atomic E-state index is 0.0523. The smallest absolute Gasteiger partial charge is 0.253 e. The van der Waals surface area contributed by atoms with Gasteiger partial charge in [-0.3, -0.25) is 9.69 Å². The minimum atomic E-state index is -3.60. The third-order valence-electron chi connectivity index (χ3n) is 4.47. The van der Waals surface area contributed by atoms with E-state index in [0.717, 1.165) is 19.6 Å². The van der Waals surface area contributed by atoms with Crippen molar-refractivity contribution in [1.82, 2.24) is 14.5 Å². The molecular formula is C20H27N3O3S2. The maximum Gasteiger partial charge on any atom is 0.253 e. The Kier molecular flexibility index (Phi) is 6.24. The first-order chi connectivity index (χ1) is 13.1. The number of amides is 1. The Hall–Kier alpha value is -1.74. The molecule has 1 aromatic carbocycles. The molecule has 1 aliphatic rings. The second-order valence-electron chi connectivity index (χ2n) is 8.03. The topological polar surface area (TPSA) is 69.7 Å². The summed E-state index contributed by atoms with van der Waals surface area (Å²) in [5.41, 5.74) is -0.0442. The van der Waals surface area contributed by atoms with Crippen LogP contribution in [0.25, 0.3) is 0 Å². The lowest BCUT2D eigenvalue weighted by molar-refractivity contribution is 0.0629. The lowest BCUT2D eigenvalue weighted by atomic mass is 10.1. The summed E-state index contributed by atoms with van der Waals surface area (Å²) in [6.07, 6.45) is 0. The highest BCUT2D eigenvalue weighted by Gasteiger charge is 2.24. The standard InChI is InChI=1S/C20H27N3O3S2/c1-20(2,3)21-28(25,26)18-8-6-16(7-9-18)19(24)23-12-10-22(11-13-23)15-17-5-4-14-27-17/h4-9,14,21H,10-13,15H2,1-3H3. The summed E-state index contributed by atoms with van der Waals surface area (Å²) in [6.45, 7) is 9.33. The second kappa shape index (κ2) is 8.32. The molecule has 0 radical (unpaired) electrons. The van der Waals surface area contributed by atoms with Gasteiger partial charge < -0.3 is 4.90 Å². The van der Waals surface area contributed by atoms with Gasteiger partial charge in [0.1, 0.15) is 0 Å². The summed E-state index contributed by atoms with van der Waals surface area (Å²) >= 11 is 1.75. The maximum absolute atomic E-state index is 12.8. The van der Waals surface area contributed by atoms with Crippen LogP contribution in [0.5, 0.6) is 0 Å². The highest BCUT2D eigenvalue weighted by Crippen LogP contribution is 2.17. The highest BCUT2D eigenvalue weighted by molar-refractivity contribution is 7.89. The van der Waals surface area contributed by atoms with Crippen LogP contribution in [0.2, 0.25) is 0 Å². The molecule has 0 aliphatic carbocycles. The molecule has 1 fully saturated rings. The van der Waals surface area contributed by atoms with Gasteiger partial charge in [0.05, 0.1) is 4.90 Å². The lowest BCUT2D eigenvalue weighted by Crippen LogP contribution is -2.48. The van der Waals surface area contributed by atoms with Crippen LogP contribution in [0.1, 0.15) is 36.0 Å². The summed E-state index contributed by atoms with van der Waals surface area (Å²) in [7, 11) is -3.60. The molecular weight excluding hydrogens is 394 g/mol. The quantitative estimate of drug-likeness (QED) is 0.806. The molecule has 0 atom stereocenters. The Labute approximate surface area is 171 Å². The number of piperazine rings is 1. The third kappa shape index (κ3) is 5.41. The van der Waals surface area contributed by atoms with Crippen LogP contribution in [0.4, 0.5) is 0 Å². The fourth-order valence-electron chi connectivity index (χ4n) is 3.15. The van der Waals surface area contributed by atoms with Crippen LogP contribution < -0.4 is 4.72 Å². The molecule has 1 aliphatic heterocycles. The van der Waals surface area contributed by atoms with Crippen molar-refractivity contribution in [3.05, 3.63) is 52.2 Å². The molecule has 1 aromatic heterocycles. The number of hydrogen-bond donors (Lipinski definition) is 1. The molecule has 6 nitrogen and oxygen atoms in total. The van der Waals surface area contributed by atoms with Crippen LogP contribution in [0.3, 0.4) is 0 Å². The van der Waals surface area contributed by atoms with Gasteiger partial charge in [-0.15, -0.1) is 11.3 Å². The monoisotopic (exact) mass is 421 g/mol. The number of hydrogen-bond acceptors (Lipinski definition) is 5. The van der Waals surface area contributed by atoms with Gasteiger partial charge >= 0.3 is 0 Å². The number of benzene rings is 1. The summed E-state index contributed by atoms with van der Waals surface area (Å²) in [6, 6.07) is 10.4. The number of carbonyl (C=O) groups excluding carboxylic acids is 1. The number of rotatable bonds is 5. The molecule has 0 bridgehead atoms. The average Bonchev–Trinajstić information content (AvgIpc) is 3.13. The highest BCUT2D eigenvalue weighted by atomic mass is 32.2. The summed E-state index contributed by atoms with van der Waals surface area (Å²) in [5.74, 6) is -0.0523. The molecule has 0 spiro atoms. The van der Waals surface area contributed by atoms with Crippen LogP contribution in [-0.2, 0) is 16.6 Å². The molecule has 28 heavy (non-hydrogen) atoms. The fourth-order valence-corrected chi connectivity index (χ4v) is 5.32. The number of nitrogens with one attached hydrogen (secondary N) is 1. The van der Waals surface area contributed by atoms with Gasteiger partial charge in [0.2, 0.25) is 10.0 Å². The SMILES string of the molecule is CC(C)(C)NS(=O)(=O)c1ccc(C(=O)N2CCN(Cc3cccs3)CC2)cc1. The molecule has 1 N–H and O–H groups in total. The van der Waals surface area contributed by atoms with Crippen molar-refractivity contribution in [3.8, 4) is 0 Å². The van der Waals surface area contributed by atoms with E-state index < -0.39 is 15.6 Å². The Bertz CT molecular complexity index is 893. The van der Waals surface area contributed by atoms with E-state index in [-0.39, 0.29) is 10.8 Å². The molecule has 0 unspecified atom stereocenters. The van der Waals surface area contributed by atoms with E-state index in [1.165, 1.54) is 17.0 Å². The van der Waals surface area contributed by atoms with Gasteiger partial charge in [0.15, 0.2) is 0 Å². The van der Waals surface area contributed by atoms with E-state index >= 15 is 0 Å². The first-order valence-electron chi connectivity index (χ1n) is 9.32.